The van der Waals surface area contributed by atoms with Crippen LogP contribution in [0.3, 0.4) is 0 Å². The fourth-order valence-corrected chi connectivity index (χ4v) is 24.3. The van der Waals surface area contributed by atoms with Gasteiger partial charge in [0.2, 0.25) is 0 Å². The smallest absolute Gasteiger partial charge is 0.0730 e. The van der Waals surface area contributed by atoms with E-state index in [9.17, 15) is 0 Å². The van der Waals surface area contributed by atoms with E-state index in [-0.39, 0.29) is 5.04 Å². The Morgan fingerprint density at radius 1 is 0.413 bits per heavy atom. The van der Waals surface area contributed by atoms with Gasteiger partial charge in [-0.15, -0.1) is 0 Å². The molecule has 0 spiro atoms. The third-order valence-electron chi connectivity index (χ3n) is 11.4. The lowest BCUT2D eigenvalue weighted by atomic mass is 10.0. The average Bonchev–Trinajstić information content (AvgIpc) is 3.03. The van der Waals surface area contributed by atoms with E-state index < -0.39 is 32.3 Å². The van der Waals surface area contributed by atoms with Crippen LogP contribution in [0.2, 0.25) is 64.0 Å². The summed E-state index contributed by atoms with van der Waals surface area (Å²) in [4.78, 5) is 0. The largest absolute Gasteiger partial charge is 0.161 e. The summed E-state index contributed by atoms with van der Waals surface area (Å²) in [6.07, 6.45) is 2.69. The van der Waals surface area contributed by atoms with Crippen LogP contribution in [0.25, 0.3) is 0 Å². The molecule has 248 valence electrons. The number of hydrogen-bond acceptors (Lipinski definition) is 0. The van der Waals surface area contributed by atoms with Crippen molar-refractivity contribution in [3.63, 3.8) is 0 Å². The summed E-state index contributed by atoms with van der Waals surface area (Å²) in [5, 5.41) is 9.51. The molecule has 46 heavy (non-hydrogen) atoms. The molecule has 0 saturated heterocycles. The molecule has 3 aromatic carbocycles. The van der Waals surface area contributed by atoms with Crippen molar-refractivity contribution in [2.75, 3.05) is 0 Å². The molecular weight excluding hydrogens is 617 g/mol. The standard InChI is InChI=1S/C42H64Si4/c1-27-20-36(21-28(2)39(27)43(11,12)13)46(42(10)26-33(7)34(8)35(42)9,37-22-29(3)40(30(4)23-37)44(14,15)16)38-24-31(5)41(32(6)25-38)45(17,18)19/h20-26H,1-19H3. The van der Waals surface area contributed by atoms with E-state index in [1.165, 1.54) is 44.5 Å². The maximum atomic E-state index is 2.69. The molecule has 1 aliphatic carbocycles. The Balaban J connectivity index is 2.37. The zero-order valence-electron chi connectivity index (χ0n) is 33.0. The van der Waals surface area contributed by atoms with Crippen LogP contribution in [0.15, 0.2) is 59.2 Å². The monoisotopic (exact) mass is 680 g/mol. The first-order valence-corrected chi connectivity index (χ1v) is 30.0. The van der Waals surface area contributed by atoms with Crippen molar-refractivity contribution in [1.82, 2.24) is 0 Å². The molecule has 3 aromatic rings. The van der Waals surface area contributed by atoms with Gasteiger partial charge in [0.05, 0.1) is 24.2 Å². The second-order valence-corrected chi connectivity index (χ2v) is 37.5. The summed E-state index contributed by atoms with van der Waals surface area (Å²) < 4.78 is 0. The molecule has 1 unspecified atom stereocenters. The topological polar surface area (TPSA) is 0 Å². The Kier molecular flexibility index (Phi) is 9.49. The quantitative estimate of drug-likeness (QED) is 0.173. The molecule has 0 fully saturated rings. The summed E-state index contributed by atoms with van der Waals surface area (Å²) in [6, 6.07) is 16.0. The Morgan fingerprint density at radius 3 is 0.826 bits per heavy atom. The number of hydrogen-bond donors (Lipinski definition) is 0. The van der Waals surface area contributed by atoms with E-state index in [0.717, 1.165) is 0 Å². The molecule has 0 saturated carbocycles. The van der Waals surface area contributed by atoms with E-state index in [1.54, 1.807) is 36.7 Å². The normalized spacial score (nSPS) is 18.0. The van der Waals surface area contributed by atoms with Gasteiger partial charge in [-0.1, -0.05) is 168 Å². The molecule has 4 heteroatoms. The molecule has 0 nitrogen and oxygen atoms in total. The lowest BCUT2D eigenvalue weighted by molar-refractivity contribution is 0.870. The first-order chi connectivity index (χ1) is 20.8. The number of aryl methyl sites for hydroxylation is 6. The summed E-state index contributed by atoms with van der Waals surface area (Å²) in [5.74, 6) is 0. The van der Waals surface area contributed by atoms with Gasteiger partial charge in [0.1, 0.15) is 0 Å². The second kappa shape index (κ2) is 11.9. The highest BCUT2D eigenvalue weighted by Gasteiger charge is 2.57. The lowest BCUT2D eigenvalue weighted by Gasteiger charge is -2.48. The van der Waals surface area contributed by atoms with Crippen LogP contribution in [0.1, 0.15) is 61.1 Å². The van der Waals surface area contributed by atoms with Crippen LogP contribution in [0.5, 0.6) is 0 Å². The number of rotatable bonds is 7. The van der Waals surface area contributed by atoms with Crippen molar-refractivity contribution in [3.05, 3.63) is 92.6 Å². The number of allylic oxidation sites excluding steroid dienone is 4. The van der Waals surface area contributed by atoms with Gasteiger partial charge in [-0.05, 0) is 83.4 Å². The molecule has 0 N–H and O–H groups in total. The van der Waals surface area contributed by atoms with Crippen LogP contribution in [-0.4, -0.2) is 32.3 Å². The van der Waals surface area contributed by atoms with Gasteiger partial charge in [0.15, 0.2) is 8.07 Å². The molecule has 0 amide bonds. The summed E-state index contributed by atoms with van der Waals surface area (Å²) in [5.41, 5.74) is 13.4. The predicted octanol–water partition coefficient (Wildman–Crippen LogP) is 8.70. The molecule has 0 aliphatic heterocycles. The van der Waals surface area contributed by atoms with Crippen molar-refractivity contribution in [1.29, 1.82) is 0 Å². The SMILES string of the molecule is CC1=CC(C)([Si](c2cc(C)c([Si](C)(C)C)c(C)c2)(c2cc(C)c([Si](C)(C)C)c(C)c2)c2cc(C)c([Si](C)(C)C)c(C)c2)C(C)=C1C. The third-order valence-corrected chi connectivity index (χ3v) is 23.8. The molecule has 0 heterocycles. The fraction of sp³-hybridized carbons (Fsp3) is 0.476. The Bertz CT molecular complexity index is 1540. The van der Waals surface area contributed by atoms with Gasteiger partial charge in [-0.2, -0.15) is 0 Å². The lowest BCUT2D eigenvalue weighted by Crippen LogP contribution is -2.74. The van der Waals surface area contributed by atoms with E-state index in [2.05, 4.69) is 171 Å². The maximum absolute atomic E-state index is 2.78. The third kappa shape index (κ3) is 5.84. The molecule has 0 aromatic heterocycles. The van der Waals surface area contributed by atoms with Gasteiger partial charge in [-0.3, -0.25) is 0 Å². The number of benzene rings is 3. The highest BCUT2D eigenvalue weighted by atomic mass is 28.3. The minimum absolute atomic E-state index is 0.111. The van der Waals surface area contributed by atoms with Crippen LogP contribution in [0, 0.1) is 41.5 Å². The summed E-state index contributed by atoms with van der Waals surface area (Å²) in [7, 11) is -7.40. The van der Waals surface area contributed by atoms with Gasteiger partial charge in [0.25, 0.3) is 0 Å². The van der Waals surface area contributed by atoms with Crippen molar-refractivity contribution in [2.45, 2.75) is 133 Å². The molecule has 0 bridgehead atoms. The Labute approximate surface area is 287 Å². The van der Waals surface area contributed by atoms with Gasteiger partial charge < -0.3 is 0 Å². The predicted molar refractivity (Wildman–Crippen MR) is 222 cm³/mol. The minimum Gasteiger partial charge on any atom is -0.0730 e. The van der Waals surface area contributed by atoms with Gasteiger partial charge in [0, 0.05) is 5.04 Å². The Morgan fingerprint density at radius 2 is 0.652 bits per heavy atom. The van der Waals surface area contributed by atoms with Crippen molar-refractivity contribution >= 4 is 63.4 Å². The zero-order chi connectivity index (χ0) is 35.1. The van der Waals surface area contributed by atoms with Crippen molar-refractivity contribution < 1.29 is 0 Å². The first-order valence-electron chi connectivity index (χ1n) is 17.5. The van der Waals surface area contributed by atoms with Crippen LogP contribution in [0.4, 0.5) is 0 Å². The van der Waals surface area contributed by atoms with E-state index in [1.807, 2.05) is 0 Å². The maximum Gasteiger partial charge on any atom is 0.161 e. The molecule has 0 radical (unpaired) electrons. The molecule has 1 aliphatic rings. The van der Waals surface area contributed by atoms with Crippen molar-refractivity contribution in [2.24, 2.45) is 0 Å². The zero-order valence-corrected chi connectivity index (χ0v) is 37.0. The highest BCUT2D eigenvalue weighted by Crippen LogP contribution is 2.53. The fourth-order valence-electron chi connectivity index (χ4n) is 10.2. The average molecular weight is 681 g/mol. The molecule has 4 rings (SSSR count). The molecular formula is C42H64Si4. The van der Waals surface area contributed by atoms with Crippen LogP contribution in [-0.2, 0) is 0 Å². The van der Waals surface area contributed by atoms with Gasteiger partial charge >= 0.3 is 0 Å². The van der Waals surface area contributed by atoms with Crippen LogP contribution < -0.4 is 31.1 Å². The van der Waals surface area contributed by atoms with E-state index in [4.69, 9.17) is 0 Å². The Hall–Kier alpha value is -1.99. The van der Waals surface area contributed by atoms with Crippen LogP contribution >= 0.6 is 0 Å². The minimum atomic E-state index is -2.78. The summed E-state index contributed by atoms with van der Waals surface area (Å²) >= 11 is 0. The van der Waals surface area contributed by atoms with Crippen molar-refractivity contribution in [3.8, 4) is 0 Å². The highest BCUT2D eigenvalue weighted by molar-refractivity contribution is 7.14. The van der Waals surface area contributed by atoms with Gasteiger partial charge in [-0.25, -0.2) is 0 Å². The molecule has 1 atom stereocenters. The first kappa shape index (κ1) is 36.8. The second-order valence-electron chi connectivity index (χ2n) is 18.2. The van der Waals surface area contributed by atoms with E-state index >= 15 is 0 Å². The summed E-state index contributed by atoms with van der Waals surface area (Å²) in [6.45, 7) is 46.8. The van der Waals surface area contributed by atoms with E-state index in [0.29, 0.717) is 0 Å².